The standard InChI is InChI=1S/C24H14ClN3OS/c25-14-7-8-18-19(12-14)26-10-9-21(18)28-23-16-5-1-2-6-17(16)24(29)22(23)20(27-28)13-15-4-3-11-30-15/h1-12H,13H2. The smallest absolute Gasteiger partial charge is 0.197 e. The van der Waals surface area contributed by atoms with Crippen molar-refractivity contribution in [1.29, 1.82) is 0 Å². The summed E-state index contributed by atoms with van der Waals surface area (Å²) < 4.78 is 1.90. The van der Waals surface area contributed by atoms with Crippen LogP contribution >= 0.6 is 22.9 Å². The lowest BCUT2D eigenvalue weighted by atomic mass is 10.1. The van der Waals surface area contributed by atoms with Gasteiger partial charge < -0.3 is 0 Å². The second kappa shape index (κ2) is 6.62. The van der Waals surface area contributed by atoms with Crippen molar-refractivity contribution in [2.75, 3.05) is 0 Å². The molecule has 0 fully saturated rings. The molecule has 3 aromatic heterocycles. The van der Waals surface area contributed by atoms with E-state index in [0.717, 1.165) is 39.1 Å². The number of nitrogens with zero attached hydrogens (tertiary/aromatic N) is 3. The molecule has 6 heteroatoms. The van der Waals surface area contributed by atoms with Crippen LogP contribution in [-0.2, 0) is 6.42 Å². The summed E-state index contributed by atoms with van der Waals surface area (Å²) in [5, 5.41) is 8.56. The Hall–Kier alpha value is -3.28. The van der Waals surface area contributed by atoms with E-state index in [9.17, 15) is 4.79 Å². The second-order valence-electron chi connectivity index (χ2n) is 7.20. The summed E-state index contributed by atoms with van der Waals surface area (Å²) in [6, 6.07) is 19.4. The van der Waals surface area contributed by atoms with E-state index in [-0.39, 0.29) is 5.78 Å². The van der Waals surface area contributed by atoms with Gasteiger partial charge in [0.1, 0.15) is 0 Å². The Bertz CT molecular complexity index is 1450. The van der Waals surface area contributed by atoms with Gasteiger partial charge in [0.25, 0.3) is 0 Å². The van der Waals surface area contributed by atoms with Gasteiger partial charge in [-0.1, -0.05) is 41.9 Å². The summed E-state index contributed by atoms with van der Waals surface area (Å²) >= 11 is 7.85. The van der Waals surface area contributed by atoms with Crippen LogP contribution in [0.3, 0.4) is 0 Å². The summed E-state index contributed by atoms with van der Waals surface area (Å²) in [5.41, 5.74) is 5.67. The van der Waals surface area contributed by atoms with Crippen molar-refractivity contribution in [3.63, 3.8) is 0 Å². The maximum absolute atomic E-state index is 13.3. The van der Waals surface area contributed by atoms with Crippen LogP contribution in [0.5, 0.6) is 0 Å². The van der Waals surface area contributed by atoms with Crippen LogP contribution in [0.4, 0.5) is 0 Å². The van der Waals surface area contributed by atoms with Crippen molar-refractivity contribution in [1.82, 2.24) is 14.8 Å². The molecule has 1 aliphatic carbocycles. The number of aromatic nitrogens is 3. The highest BCUT2D eigenvalue weighted by molar-refractivity contribution is 7.09. The third kappa shape index (κ3) is 2.56. The van der Waals surface area contributed by atoms with Crippen LogP contribution in [-0.4, -0.2) is 20.5 Å². The number of hydrogen-bond donors (Lipinski definition) is 0. The molecule has 144 valence electrons. The Balaban J connectivity index is 1.65. The molecule has 0 unspecified atom stereocenters. The third-order valence-electron chi connectivity index (χ3n) is 5.44. The molecule has 0 saturated heterocycles. The normalized spacial score (nSPS) is 12.4. The number of pyridine rings is 1. The summed E-state index contributed by atoms with van der Waals surface area (Å²) in [6.45, 7) is 0. The second-order valence-corrected chi connectivity index (χ2v) is 8.67. The lowest BCUT2D eigenvalue weighted by Crippen LogP contribution is -2.03. The molecule has 0 amide bonds. The van der Waals surface area contributed by atoms with E-state index < -0.39 is 0 Å². The molecule has 0 radical (unpaired) electrons. The summed E-state index contributed by atoms with van der Waals surface area (Å²) in [7, 11) is 0. The van der Waals surface area contributed by atoms with E-state index in [1.807, 2.05) is 64.7 Å². The number of fused-ring (bicyclic) bond motifs is 4. The highest BCUT2D eigenvalue weighted by Crippen LogP contribution is 2.41. The Labute approximate surface area is 181 Å². The lowest BCUT2D eigenvalue weighted by molar-refractivity contribution is 0.104. The van der Waals surface area contributed by atoms with Crippen LogP contribution in [0.1, 0.15) is 26.5 Å². The van der Waals surface area contributed by atoms with Crippen molar-refractivity contribution >= 4 is 39.6 Å². The molecule has 30 heavy (non-hydrogen) atoms. The summed E-state index contributed by atoms with van der Waals surface area (Å²) in [6.07, 6.45) is 2.38. The number of hydrogen-bond acceptors (Lipinski definition) is 4. The van der Waals surface area contributed by atoms with Gasteiger partial charge >= 0.3 is 0 Å². The van der Waals surface area contributed by atoms with E-state index in [1.54, 1.807) is 17.5 Å². The number of ketones is 1. The van der Waals surface area contributed by atoms with Crippen molar-refractivity contribution in [2.24, 2.45) is 0 Å². The third-order valence-corrected chi connectivity index (χ3v) is 6.55. The molecule has 2 aromatic carbocycles. The number of rotatable bonds is 3. The maximum atomic E-state index is 13.3. The average Bonchev–Trinajstić information content (AvgIpc) is 3.46. The zero-order valence-corrected chi connectivity index (χ0v) is 17.2. The van der Waals surface area contributed by atoms with Crippen LogP contribution in [0.15, 0.2) is 72.2 Å². The Morgan fingerprint density at radius 2 is 1.87 bits per heavy atom. The monoisotopic (exact) mass is 427 g/mol. The van der Waals surface area contributed by atoms with Gasteiger partial charge in [0.05, 0.1) is 28.2 Å². The van der Waals surface area contributed by atoms with Gasteiger partial charge in [0.2, 0.25) is 0 Å². The first-order valence-electron chi connectivity index (χ1n) is 9.54. The predicted octanol–water partition coefficient (Wildman–Crippen LogP) is 5.94. The van der Waals surface area contributed by atoms with Crippen LogP contribution in [0.25, 0.3) is 27.8 Å². The number of carbonyl (C=O) groups is 1. The van der Waals surface area contributed by atoms with Crippen LogP contribution < -0.4 is 0 Å². The fraction of sp³-hybridized carbons (Fsp3) is 0.0417. The molecule has 0 spiro atoms. The van der Waals surface area contributed by atoms with E-state index in [0.29, 0.717) is 17.0 Å². The first kappa shape index (κ1) is 17.6. The van der Waals surface area contributed by atoms with Gasteiger partial charge in [-0.25, -0.2) is 4.68 Å². The average molecular weight is 428 g/mol. The van der Waals surface area contributed by atoms with Gasteiger partial charge in [0.15, 0.2) is 5.78 Å². The molecule has 0 aliphatic heterocycles. The summed E-state index contributed by atoms with van der Waals surface area (Å²) in [4.78, 5) is 18.9. The van der Waals surface area contributed by atoms with Gasteiger partial charge in [-0.2, -0.15) is 5.10 Å². The summed E-state index contributed by atoms with van der Waals surface area (Å²) in [5.74, 6) is 0.0415. The molecule has 5 aromatic rings. The molecule has 4 nitrogen and oxygen atoms in total. The van der Waals surface area contributed by atoms with E-state index >= 15 is 0 Å². The van der Waals surface area contributed by atoms with Crippen molar-refractivity contribution in [2.45, 2.75) is 6.42 Å². The largest absolute Gasteiger partial charge is 0.288 e. The molecule has 0 atom stereocenters. The molecule has 1 aliphatic rings. The van der Waals surface area contributed by atoms with Crippen molar-refractivity contribution in [3.8, 4) is 16.9 Å². The van der Waals surface area contributed by atoms with Crippen molar-refractivity contribution in [3.05, 3.63) is 99.0 Å². The first-order valence-corrected chi connectivity index (χ1v) is 10.8. The minimum absolute atomic E-state index is 0.0415. The SMILES string of the molecule is O=C1c2ccccc2-c2c1c(Cc1cccs1)nn2-c1ccnc2cc(Cl)ccc12. The number of halogens is 1. The zero-order valence-electron chi connectivity index (χ0n) is 15.7. The molecule has 0 bridgehead atoms. The topological polar surface area (TPSA) is 47.8 Å². The van der Waals surface area contributed by atoms with Gasteiger partial charge in [0, 0.05) is 39.0 Å². The minimum atomic E-state index is 0.0415. The van der Waals surface area contributed by atoms with Crippen LogP contribution in [0.2, 0.25) is 5.02 Å². The predicted molar refractivity (Wildman–Crippen MR) is 120 cm³/mol. The highest BCUT2D eigenvalue weighted by atomic mass is 35.5. The van der Waals surface area contributed by atoms with E-state index in [1.165, 1.54) is 4.88 Å². The van der Waals surface area contributed by atoms with E-state index in [4.69, 9.17) is 16.7 Å². The Morgan fingerprint density at radius 3 is 2.70 bits per heavy atom. The quantitative estimate of drug-likeness (QED) is 0.351. The van der Waals surface area contributed by atoms with Gasteiger partial charge in [-0.15, -0.1) is 11.3 Å². The molecule has 3 heterocycles. The lowest BCUT2D eigenvalue weighted by Gasteiger charge is -2.10. The number of thiophene rings is 1. The first-order chi connectivity index (χ1) is 14.7. The molecule has 6 rings (SSSR count). The van der Waals surface area contributed by atoms with Gasteiger partial charge in [-0.3, -0.25) is 9.78 Å². The molecular formula is C24H14ClN3OS. The Morgan fingerprint density at radius 1 is 1.00 bits per heavy atom. The number of benzene rings is 2. The Kier molecular flexibility index (Phi) is 3.88. The molecule has 0 N–H and O–H groups in total. The van der Waals surface area contributed by atoms with Gasteiger partial charge in [-0.05, 0) is 35.7 Å². The van der Waals surface area contributed by atoms with Crippen LogP contribution in [0, 0.1) is 0 Å². The minimum Gasteiger partial charge on any atom is -0.288 e. The zero-order chi connectivity index (χ0) is 20.2. The highest BCUT2D eigenvalue weighted by Gasteiger charge is 2.35. The number of carbonyl (C=O) groups excluding carboxylic acids is 1. The van der Waals surface area contributed by atoms with Crippen molar-refractivity contribution < 1.29 is 4.79 Å². The van der Waals surface area contributed by atoms with E-state index in [2.05, 4.69) is 11.1 Å². The fourth-order valence-corrected chi connectivity index (χ4v) is 5.02. The molecular weight excluding hydrogens is 414 g/mol. The molecule has 0 saturated carbocycles. The fourth-order valence-electron chi connectivity index (χ4n) is 4.14. The maximum Gasteiger partial charge on any atom is 0.197 e.